The molecular weight excluding hydrogens is 280 g/mol. The van der Waals surface area contributed by atoms with E-state index in [1.807, 2.05) is 51.1 Å². The van der Waals surface area contributed by atoms with Crippen LogP contribution in [0.25, 0.3) is 0 Å². The second kappa shape index (κ2) is 6.92. The predicted octanol–water partition coefficient (Wildman–Crippen LogP) is 2.31. The van der Waals surface area contributed by atoms with Crippen LogP contribution >= 0.6 is 0 Å². The van der Waals surface area contributed by atoms with Crippen molar-refractivity contribution in [2.75, 3.05) is 26.2 Å². The monoisotopic (exact) mass is 304 g/mol. The molecule has 1 aromatic rings. The number of Topliss-reactive ketones (excluding diaryl/α,β-unsaturated/α-hetero) is 1. The van der Waals surface area contributed by atoms with Crippen molar-refractivity contribution >= 4 is 11.9 Å². The molecule has 1 saturated heterocycles. The lowest BCUT2D eigenvalue weighted by molar-refractivity contribution is -0.120. The SMILES string of the molecule is CC(C)(C)OC(=O)N1CCN(Cc2ccccc2)CC(=O)C1. The van der Waals surface area contributed by atoms with Gasteiger partial charge in [0.2, 0.25) is 0 Å². The van der Waals surface area contributed by atoms with Gasteiger partial charge in [0.1, 0.15) is 5.60 Å². The number of carbonyl (C=O) groups is 2. The molecule has 22 heavy (non-hydrogen) atoms. The van der Waals surface area contributed by atoms with Crippen molar-refractivity contribution in [2.45, 2.75) is 32.9 Å². The zero-order valence-corrected chi connectivity index (χ0v) is 13.5. The molecule has 1 aromatic carbocycles. The maximum absolute atomic E-state index is 12.1. The van der Waals surface area contributed by atoms with Crippen LogP contribution in [0.2, 0.25) is 0 Å². The standard InChI is InChI=1S/C17H24N2O3/c1-17(2,3)22-16(21)19-10-9-18(12-15(20)13-19)11-14-7-5-4-6-8-14/h4-8H,9-13H2,1-3H3. The Bertz CT molecular complexity index is 522. The van der Waals surface area contributed by atoms with Crippen LogP contribution in [0.4, 0.5) is 4.79 Å². The second-order valence-corrected chi connectivity index (χ2v) is 6.64. The van der Waals surface area contributed by atoms with Crippen LogP contribution < -0.4 is 0 Å². The van der Waals surface area contributed by atoms with Gasteiger partial charge in [0.05, 0.1) is 13.1 Å². The predicted molar refractivity (Wildman–Crippen MR) is 84.5 cm³/mol. The van der Waals surface area contributed by atoms with E-state index in [9.17, 15) is 9.59 Å². The topological polar surface area (TPSA) is 49.9 Å². The molecule has 0 atom stereocenters. The van der Waals surface area contributed by atoms with E-state index in [1.54, 1.807) is 0 Å². The van der Waals surface area contributed by atoms with E-state index in [2.05, 4.69) is 4.90 Å². The largest absolute Gasteiger partial charge is 0.444 e. The first-order valence-electron chi connectivity index (χ1n) is 7.59. The number of hydrogen-bond acceptors (Lipinski definition) is 4. The summed E-state index contributed by atoms with van der Waals surface area (Å²) in [5.74, 6) is 0.0410. The minimum absolute atomic E-state index is 0.0410. The molecule has 0 spiro atoms. The summed E-state index contributed by atoms with van der Waals surface area (Å²) in [6, 6.07) is 10.0. The van der Waals surface area contributed by atoms with Gasteiger partial charge in [-0.05, 0) is 26.3 Å². The molecule has 0 radical (unpaired) electrons. The Hall–Kier alpha value is -1.88. The van der Waals surface area contributed by atoms with Gasteiger partial charge in [-0.1, -0.05) is 30.3 Å². The average Bonchev–Trinajstić information content (AvgIpc) is 2.60. The molecule has 0 aliphatic carbocycles. The third kappa shape index (κ3) is 5.15. The molecule has 1 fully saturated rings. The minimum atomic E-state index is -0.545. The fraction of sp³-hybridized carbons (Fsp3) is 0.529. The van der Waals surface area contributed by atoms with Crippen LogP contribution in [0.3, 0.4) is 0 Å². The van der Waals surface area contributed by atoms with E-state index in [4.69, 9.17) is 4.74 Å². The van der Waals surface area contributed by atoms with Crippen LogP contribution in [-0.4, -0.2) is 53.5 Å². The Labute approximate surface area is 131 Å². The number of rotatable bonds is 2. The molecule has 5 nitrogen and oxygen atoms in total. The summed E-state index contributed by atoms with van der Waals surface area (Å²) in [5.41, 5.74) is 0.622. The molecule has 120 valence electrons. The number of ether oxygens (including phenoxy) is 1. The maximum Gasteiger partial charge on any atom is 0.410 e. The summed E-state index contributed by atoms with van der Waals surface area (Å²) in [6.07, 6.45) is -0.414. The van der Waals surface area contributed by atoms with Gasteiger partial charge in [-0.3, -0.25) is 14.6 Å². The van der Waals surface area contributed by atoms with Gasteiger partial charge in [0.15, 0.2) is 5.78 Å². The fourth-order valence-corrected chi connectivity index (χ4v) is 2.39. The Morgan fingerprint density at radius 3 is 2.45 bits per heavy atom. The van der Waals surface area contributed by atoms with E-state index >= 15 is 0 Å². The molecule has 0 unspecified atom stereocenters. The Kier molecular flexibility index (Phi) is 5.19. The van der Waals surface area contributed by atoms with Gasteiger partial charge in [-0.25, -0.2) is 4.79 Å². The maximum atomic E-state index is 12.1. The summed E-state index contributed by atoms with van der Waals surface area (Å²) >= 11 is 0. The summed E-state index contributed by atoms with van der Waals surface area (Å²) < 4.78 is 5.35. The molecule has 0 saturated carbocycles. The van der Waals surface area contributed by atoms with Crippen molar-refractivity contribution < 1.29 is 14.3 Å². The van der Waals surface area contributed by atoms with E-state index in [-0.39, 0.29) is 12.3 Å². The number of benzene rings is 1. The van der Waals surface area contributed by atoms with E-state index in [0.717, 1.165) is 6.54 Å². The van der Waals surface area contributed by atoms with Crippen LogP contribution in [0.15, 0.2) is 30.3 Å². The van der Waals surface area contributed by atoms with Crippen molar-refractivity contribution in [1.82, 2.24) is 9.80 Å². The molecule has 0 aromatic heterocycles. The first-order valence-corrected chi connectivity index (χ1v) is 7.59. The highest BCUT2D eigenvalue weighted by Gasteiger charge is 2.27. The molecular formula is C17H24N2O3. The molecule has 1 aliphatic heterocycles. The quantitative estimate of drug-likeness (QED) is 0.841. The van der Waals surface area contributed by atoms with Gasteiger partial charge >= 0.3 is 6.09 Å². The molecule has 0 bridgehead atoms. The summed E-state index contributed by atoms with van der Waals surface area (Å²) in [5, 5.41) is 0. The zero-order valence-electron chi connectivity index (χ0n) is 13.5. The van der Waals surface area contributed by atoms with Crippen molar-refractivity contribution in [3.8, 4) is 0 Å². The van der Waals surface area contributed by atoms with Gasteiger partial charge in [-0.15, -0.1) is 0 Å². The van der Waals surface area contributed by atoms with Crippen molar-refractivity contribution in [3.05, 3.63) is 35.9 Å². The third-order valence-corrected chi connectivity index (χ3v) is 3.35. The summed E-state index contributed by atoms with van der Waals surface area (Å²) in [7, 11) is 0. The number of hydrogen-bond donors (Lipinski definition) is 0. The van der Waals surface area contributed by atoms with E-state index in [0.29, 0.717) is 19.6 Å². The van der Waals surface area contributed by atoms with Crippen molar-refractivity contribution in [2.24, 2.45) is 0 Å². The normalized spacial score (nSPS) is 17.2. The number of ketones is 1. The Morgan fingerprint density at radius 1 is 1.14 bits per heavy atom. The van der Waals surface area contributed by atoms with Gasteiger partial charge in [0.25, 0.3) is 0 Å². The number of amides is 1. The first-order chi connectivity index (χ1) is 10.3. The second-order valence-electron chi connectivity index (χ2n) is 6.64. The van der Waals surface area contributed by atoms with Crippen molar-refractivity contribution in [3.63, 3.8) is 0 Å². The van der Waals surface area contributed by atoms with E-state index < -0.39 is 11.7 Å². The minimum Gasteiger partial charge on any atom is -0.444 e. The smallest absolute Gasteiger partial charge is 0.410 e. The lowest BCUT2D eigenvalue weighted by atomic mass is 10.2. The Morgan fingerprint density at radius 2 is 1.82 bits per heavy atom. The highest BCUT2D eigenvalue weighted by atomic mass is 16.6. The summed E-state index contributed by atoms with van der Waals surface area (Å²) in [6.45, 7) is 7.86. The molecule has 1 heterocycles. The molecule has 5 heteroatoms. The molecule has 1 amide bonds. The summed E-state index contributed by atoms with van der Waals surface area (Å²) in [4.78, 5) is 27.8. The highest BCUT2D eigenvalue weighted by molar-refractivity contribution is 5.86. The zero-order chi connectivity index (χ0) is 16.2. The fourth-order valence-electron chi connectivity index (χ4n) is 2.39. The lowest BCUT2D eigenvalue weighted by Gasteiger charge is -2.26. The highest BCUT2D eigenvalue weighted by Crippen LogP contribution is 2.12. The van der Waals surface area contributed by atoms with Crippen LogP contribution in [0.5, 0.6) is 0 Å². The number of nitrogens with zero attached hydrogens (tertiary/aromatic N) is 2. The molecule has 1 aliphatic rings. The average molecular weight is 304 g/mol. The first kappa shape index (κ1) is 16.5. The number of carbonyl (C=O) groups excluding carboxylic acids is 2. The van der Waals surface area contributed by atoms with Crippen LogP contribution in [0, 0.1) is 0 Å². The van der Waals surface area contributed by atoms with Gasteiger partial charge in [0, 0.05) is 19.6 Å². The van der Waals surface area contributed by atoms with E-state index in [1.165, 1.54) is 10.5 Å². The van der Waals surface area contributed by atoms with Crippen molar-refractivity contribution in [1.29, 1.82) is 0 Å². The van der Waals surface area contributed by atoms with Gasteiger partial charge in [-0.2, -0.15) is 0 Å². The van der Waals surface area contributed by atoms with Crippen LogP contribution in [0.1, 0.15) is 26.3 Å². The third-order valence-electron chi connectivity index (χ3n) is 3.35. The van der Waals surface area contributed by atoms with Crippen LogP contribution in [-0.2, 0) is 16.1 Å². The lowest BCUT2D eigenvalue weighted by Crippen LogP contribution is -2.40. The molecule has 2 rings (SSSR count). The van der Waals surface area contributed by atoms with Gasteiger partial charge < -0.3 is 4.74 Å². The Balaban J connectivity index is 1.95. The molecule has 0 N–H and O–H groups in total.